The molecule has 0 aliphatic heterocycles. The SMILES string of the molecule is CCC[C@@H](C)c1nnc(NC(=O)c2cn[nH]c2C2CC2)s1. The van der Waals surface area contributed by atoms with Gasteiger partial charge in [-0.1, -0.05) is 31.6 Å². The van der Waals surface area contributed by atoms with Crippen molar-refractivity contribution in [3.8, 4) is 0 Å². The van der Waals surface area contributed by atoms with Gasteiger partial charge in [-0.3, -0.25) is 15.2 Å². The highest BCUT2D eigenvalue weighted by molar-refractivity contribution is 7.15. The lowest BCUT2D eigenvalue weighted by Gasteiger charge is -2.03. The van der Waals surface area contributed by atoms with Gasteiger partial charge in [-0.15, -0.1) is 10.2 Å². The summed E-state index contributed by atoms with van der Waals surface area (Å²) in [5.41, 5.74) is 1.56. The van der Waals surface area contributed by atoms with Crippen LogP contribution in [0.3, 0.4) is 0 Å². The molecule has 2 aromatic rings. The van der Waals surface area contributed by atoms with Crippen LogP contribution in [0.5, 0.6) is 0 Å². The second-order valence-corrected chi connectivity index (χ2v) is 6.57. The Morgan fingerprint density at radius 3 is 3.05 bits per heavy atom. The molecule has 0 unspecified atom stereocenters. The van der Waals surface area contributed by atoms with E-state index >= 15 is 0 Å². The van der Waals surface area contributed by atoms with E-state index < -0.39 is 0 Å². The molecule has 1 saturated carbocycles. The molecule has 1 aliphatic carbocycles. The van der Waals surface area contributed by atoms with Crippen LogP contribution in [0.15, 0.2) is 6.20 Å². The zero-order valence-corrected chi connectivity index (χ0v) is 13.0. The van der Waals surface area contributed by atoms with Gasteiger partial charge in [0.2, 0.25) is 5.13 Å². The van der Waals surface area contributed by atoms with Gasteiger partial charge < -0.3 is 0 Å². The smallest absolute Gasteiger partial charge is 0.260 e. The number of aromatic amines is 1. The topological polar surface area (TPSA) is 83.6 Å². The minimum atomic E-state index is -0.156. The molecule has 0 saturated heterocycles. The fraction of sp³-hybridized carbons (Fsp3) is 0.571. The molecule has 2 aromatic heterocycles. The summed E-state index contributed by atoms with van der Waals surface area (Å²) in [5.74, 6) is 0.688. The van der Waals surface area contributed by atoms with Gasteiger partial charge in [-0.25, -0.2) is 0 Å². The molecule has 0 bridgehead atoms. The second-order valence-electron chi connectivity index (χ2n) is 5.56. The summed E-state index contributed by atoms with van der Waals surface area (Å²) in [7, 11) is 0. The third kappa shape index (κ3) is 3.12. The van der Waals surface area contributed by atoms with E-state index in [4.69, 9.17) is 0 Å². The molecule has 0 radical (unpaired) electrons. The Kier molecular flexibility index (Phi) is 4.01. The monoisotopic (exact) mass is 305 g/mol. The summed E-state index contributed by atoms with van der Waals surface area (Å²) in [6.07, 6.45) is 6.03. The van der Waals surface area contributed by atoms with Gasteiger partial charge in [0, 0.05) is 11.8 Å². The summed E-state index contributed by atoms with van der Waals surface area (Å²) in [5, 5.41) is 19.5. The maximum Gasteiger partial charge on any atom is 0.260 e. The number of aromatic nitrogens is 4. The quantitative estimate of drug-likeness (QED) is 0.857. The number of carbonyl (C=O) groups excluding carboxylic acids is 1. The third-order valence-electron chi connectivity index (χ3n) is 3.70. The Balaban J connectivity index is 1.68. The van der Waals surface area contributed by atoms with Crippen molar-refractivity contribution in [3.63, 3.8) is 0 Å². The Bertz CT molecular complexity index is 631. The molecule has 6 nitrogen and oxygen atoms in total. The van der Waals surface area contributed by atoms with Gasteiger partial charge in [0.15, 0.2) is 0 Å². The van der Waals surface area contributed by atoms with Gasteiger partial charge in [0.25, 0.3) is 5.91 Å². The van der Waals surface area contributed by atoms with Crippen LogP contribution in [0.1, 0.15) is 72.4 Å². The molecule has 3 rings (SSSR count). The highest BCUT2D eigenvalue weighted by Gasteiger charge is 2.30. The Morgan fingerprint density at radius 1 is 1.52 bits per heavy atom. The van der Waals surface area contributed by atoms with Crippen LogP contribution in [-0.4, -0.2) is 26.3 Å². The summed E-state index contributed by atoms with van der Waals surface area (Å²) >= 11 is 1.45. The number of rotatable bonds is 6. The lowest BCUT2D eigenvalue weighted by molar-refractivity contribution is 0.102. The Hall–Kier alpha value is -1.76. The van der Waals surface area contributed by atoms with E-state index in [1.165, 1.54) is 11.3 Å². The summed E-state index contributed by atoms with van der Waals surface area (Å²) in [4.78, 5) is 12.3. The molecule has 21 heavy (non-hydrogen) atoms. The van der Waals surface area contributed by atoms with Crippen molar-refractivity contribution < 1.29 is 4.79 Å². The van der Waals surface area contributed by atoms with Crippen LogP contribution in [0.25, 0.3) is 0 Å². The van der Waals surface area contributed by atoms with Crippen molar-refractivity contribution in [1.82, 2.24) is 20.4 Å². The molecule has 1 aliphatic rings. The number of anilines is 1. The minimum absolute atomic E-state index is 0.156. The second kappa shape index (κ2) is 5.93. The zero-order valence-electron chi connectivity index (χ0n) is 12.2. The average Bonchev–Trinajstić information content (AvgIpc) is 3.01. The maximum absolute atomic E-state index is 12.3. The predicted octanol–water partition coefficient (Wildman–Crippen LogP) is 3.29. The third-order valence-corrected chi connectivity index (χ3v) is 4.77. The lowest BCUT2D eigenvalue weighted by atomic mass is 10.1. The van der Waals surface area contributed by atoms with Crippen LogP contribution in [0, 0.1) is 0 Å². The summed E-state index contributed by atoms with van der Waals surface area (Å²) in [6.45, 7) is 4.29. The molecule has 0 aromatic carbocycles. The number of hydrogen-bond donors (Lipinski definition) is 2. The average molecular weight is 305 g/mol. The van der Waals surface area contributed by atoms with E-state index in [1.54, 1.807) is 6.20 Å². The number of carbonyl (C=O) groups is 1. The van der Waals surface area contributed by atoms with E-state index in [1.807, 2.05) is 0 Å². The van der Waals surface area contributed by atoms with Crippen LogP contribution < -0.4 is 5.32 Å². The van der Waals surface area contributed by atoms with Crippen LogP contribution in [0.4, 0.5) is 5.13 Å². The van der Waals surface area contributed by atoms with E-state index in [-0.39, 0.29) is 5.91 Å². The molecular weight excluding hydrogens is 286 g/mol. The largest absolute Gasteiger partial charge is 0.296 e. The highest BCUT2D eigenvalue weighted by Crippen LogP contribution is 2.40. The molecular formula is C14H19N5OS. The minimum Gasteiger partial charge on any atom is -0.296 e. The fourth-order valence-electron chi connectivity index (χ4n) is 2.37. The van der Waals surface area contributed by atoms with Gasteiger partial charge in [0.05, 0.1) is 17.5 Å². The van der Waals surface area contributed by atoms with Gasteiger partial charge in [-0.05, 0) is 19.3 Å². The van der Waals surface area contributed by atoms with Crippen molar-refractivity contribution in [2.24, 2.45) is 0 Å². The van der Waals surface area contributed by atoms with Crippen molar-refractivity contribution >= 4 is 22.4 Å². The standard InChI is InChI=1S/C14H19N5OS/c1-3-4-8(2)13-18-19-14(21-13)16-12(20)10-7-15-17-11(10)9-5-6-9/h7-9H,3-6H2,1-2H3,(H,15,17)(H,16,19,20)/t8-/m1/s1. The van der Waals surface area contributed by atoms with Gasteiger partial charge in [-0.2, -0.15) is 5.10 Å². The van der Waals surface area contributed by atoms with Crippen molar-refractivity contribution in [2.45, 2.75) is 51.4 Å². The molecule has 7 heteroatoms. The first-order valence-corrected chi connectivity index (χ1v) is 8.18. The van der Waals surface area contributed by atoms with E-state index in [9.17, 15) is 4.79 Å². The zero-order chi connectivity index (χ0) is 14.8. The first-order chi connectivity index (χ1) is 10.2. The number of hydrogen-bond acceptors (Lipinski definition) is 5. The Labute approximate surface area is 127 Å². The maximum atomic E-state index is 12.3. The van der Waals surface area contributed by atoms with Crippen LogP contribution in [-0.2, 0) is 0 Å². The molecule has 2 N–H and O–H groups in total. The molecule has 2 heterocycles. The summed E-state index contributed by atoms with van der Waals surface area (Å²) in [6, 6.07) is 0. The highest BCUT2D eigenvalue weighted by atomic mass is 32.1. The molecule has 1 fully saturated rings. The lowest BCUT2D eigenvalue weighted by Crippen LogP contribution is -2.12. The van der Waals surface area contributed by atoms with Crippen LogP contribution >= 0.6 is 11.3 Å². The number of nitrogens with one attached hydrogen (secondary N) is 2. The first kappa shape index (κ1) is 14.2. The van der Waals surface area contributed by atoms with Crippen LogP contribution in [0.2, 0.25) is 0 Å². The van der Waals surface area contributed by atoms with Gasteiger partial charge >= 0.3 is 0 Å². The van der Waals surface area contributed by atoms with Crippen molar-refractivity contribution in [1.29, 1.82) is 0 Å². The predicted molar refractivity (Wildman–Crippen MR) is 81.7 cm³/mol. The Morgan fingerprint density at radius 2 is 2.33 bits per heavy atom. The molecule has 112 valence electrons. The fourth-order valence-corrected chi connectivity index (χ4v) is 3.19. The number of H-pyrrole nitrogens is 1. The van der Waals surface area contributed by atoms with E-state index in [0.717, 1.165) is 36.4 Å². The van der Waals surface area contributed by atoms with Crippen molar-refractivity contribution in [3.05, 3.63) is 22.5 Å². The van der Waals surface area contributed by atoms with E-state index in [2.05, 4.69) is 39.6 Å². The molecule has 0 spiro atoms. The molecule has 1 amide bonds. The van der Waals surface area contributed by atoms with Crippen molar-refractivity contribution in [2.75, 3.05) is 5.32 Å². The van der Waals surface area contributed by atoms with E-state index in [0.29, 0.717) is 22.5 Å². The number of nitrogens with zero attached hydrogens (tertiary/aromatic N) is 3. The first-order valence-electron chi connectivity index (χ1n) is 7.37. The molecule has 1 atom stereocenters. The van der Waals surface area contributed by atoms with Gasteiger partial charge in [0.1, 0.15) is 5.01 Å². The number of amides is 1. The normalized spacial score (nSPS) is 15.9. The summed E-state index contributed by atoms with van der Waals surface area (Å²) < 4.78 is 0.